The maximum absolute atomic E-state index is 12.8. The fraction of sp³-hybridized carbons (Fsp3) is 0.167. The number of carboxylic acid groups (broad SMARTS) is 1. The van der Waals surface area contributed by atoms with Gasteiger partial charge in [0.15, 0.2) is 9.84 Å². The van der Waals surface area contributed by atoms with E-state index in [1.54, 1.807) is 25.1 Å². The summed E-state index contributed by atoms with van der Waals surface area (Å²) in [5, 5.41) is 12.7. The maximum atomic E-state index is 12.8. The molecule has 0 aromatic heterocycles. The Labute approximate surface area is 217 Å². The molecule has 0 amide bonds. The number of nitrogens with one attached hydrogen (secondary N) is 1. The number of sulfone groups is 1. The van der Waals surface area contributed by atoms with E-state index in [9.17, 15) is 18.3 Å². The van der Waals surface area contributed by atoms with Crippen molar-refractivity contribution in [2.45, 2.75) is 24.7 Å². The number of rotatable bonds is 10. The van der Waals surface area contributed by atoms with Gasteiger partial charge in [0.1, 0.15) is 11.6 Å². The average molecular weight is 516 g/mol. The number of ether oxygens (including phenoxy) is 1. The third kappa shape index (κ3) is 6.37. The Morgan fingerprint density at radius 1 is 0.838 bits per heavy atom. The molecular formula is C30H29NO5S. The highest BCUT2D eigenvalue weighted by molar-refractivity contribution is 7.91. The van der Waals surface area contributed by atoms with Crippen LogP contribution in [0.25, 0.3) is 11.1 Å². The van der Waals surface area contributed by atoms with Gasteiger partial charge in [-0.25, -0.2) is 13.2 Å². The molecule has 0 aliphatic heterocycles. The van der Waals surface area contributed by atoms with Crippen LogP contribution in [0.2, 0.25) is 0 Å². The number of anilines is 1. The smallest absolute Gasteiger partial charge is 0.337 e. The summed E-state index contributed by atoms with van der Waals surface area (Å²) in [5.41, 5.74) is 5.38. The van der Waals surface area contributed by atoms with Crippen molar-refractivity contribution in [3.8, 4) is 16.9 Å². The second-order valence-corrected chi connectivity index (χ2v) is 10.8. The van der Waals surface area contributed by atoms with E-state index in [0.717, 1.165) is 28.7 Å². The summed E-state index contributed by atoms with van der Waals surface area (Å²) < 4.78 is 30.7. The second kappa shape index (κ2) is 11.3. The summed E-state index contributed by atoms with van der Waals surface area (Å²) >= 11 is 0. The van der Waals surface area contributed by atoms with Crippen molar-refractivity contribution in [3.05, 3.63) is 113 Å². The van der Waals surface area contributed by atoms with Crippen LogP contribution in [-0.4, -0.2) is 32.5 Å². The lowest BCUT2D eigenvalue weighted by molar-refractivity contribution is 0.0697. The molecule has 0 heterocycles. The molecule has 0 atom stereocenters. The van der Waals surface area contributed by atoms with Gasteiger partial charge in [-0.2, -0.15) is 0 Å². The van der Waals surface area contributed by atoms with Crippen molar-refractivity contribution in [1.29, 1.82) is 0 Å². The highest BCUT2D eigenvalue weighted by atomic mass is 32.2. The third-order valence-corrected chi connectivity index (χ3v) is 7.76. The first-order chi connectivity index (χ1) is 17.8. The number of hydrogen-bond donors (Lipinski definition) is 2. The van der Waals surface area contributed by atoms with Crippen LogP contribution in [-0.2, 0) is 22.7 Å². The summed E-state index contributed by atoms with van der Waals surface area (Å²) in [6.45, 7) is 1.78. The summed E-state index contributed by atoms with van der Waals surface area (Å²) in [5.74, 6) is -0.978. The standard InChI is InChI=1S/C30H29NO5S/c1-21-18-23(9-8-22-10-12-25(13-11-22)24-6-4-3-5-7-24)19-28(30(32)33)29(21)31-20-37(34,35)27-16-14-26(36-2)15-17-27/h3-7,10-19,31H,8-9,20H2,1-2H3,(H,32,33). The van der Waals surface area contributed by atoms with Gasteiger partial charge >= 0.3 is 5.97 Å². The second-order valence-electron chi connectivity index (χ2n) is 8.81. The highest BCUT2D eigenvalue weighted by Crippen LogP contribution is 2.26. The molecule has 7 heteroatoms. The van der Waals surface area contributed by atoms with Crippen molar-refractivity contribution >= 4 is 21.5 Å². The molecule has 0 aliphatic carbocycles. The fourth-order valence-electron chi connectivity index (χ4n) is 4.23. The number of aromatic carboxylic acids is 1. The summed E-state index contributed by atoms with van der Waals surface area (Å²) in [6, 6.07) is 28.1. The molecule has 0 saturated heterocycles. The Morgan fingerprint density at radius 3 is 2.08 bits per heavy atom. The van der Waals surface area contributed by atoms with Crippen LogP contribution < -0.4 is 10.1 Å². The van der Waals surface area contributed by atoms with Gasteiger partial charge in [0.05, 0.1) is 23.3 Å². The van der Waals surface area contributed by atoms with Crippen LogP contribution in [0.4, 0.5) is 5.69 Å². The van der Waals surface area contributed by atoms with Crippen LogP contribution in [0, 0.1) is 6.92 Å². The van der Waals surface area contributed by atoms with Crippen molar-refractivity contribution in [2.75, 3.05) is 18.3 Å². The first-order valence-electron chi connectivity index (χ1n) is 11.9. The minimum atomic E-state index is -3.68. The Morgan fingerprint density at radius 2 is 1.46 bits per heavy atom. The van der Waals surface area contributed by atoms with Gasteiger partial charge in [0, 0.05) is 0 Å². The van der Waals surface area contributed by atoms with E-state index in [4.69, 9.17) is 4.74 Å². The topological polar surface area (TPSA) is 92.7 Å². The molecule has 4 aromatic rings. The Hall–Kier alpha value is -4.10. The number of hydrogen-bond acceptors (Lipinski definition) is 5. The molecule has 0 radical (unpaired) electrons. The van der Waals surface area contributed by atoms with Crippen molar-refractivity contribution in [1.82, 2.24) is 0 Å². The largest absolute Gasteiger partial charge is 0.497 e. The molecule has 4 rings (SSSR count). The van der Waals surface area contributed by atoms with Gasteiger partial charge in [-0.1, -0.05) is 60.7 Å². The minimum Gasteiger partial charge on any atom is -0.497 e. The zero-order chi connectivity index (χ0) is 26.4. The number of carboxylic acids is 1. The maximum Gasteiger partial charge on any atom is 0.337 e. The summed E-state index contributed by atoms with van der Waals surface area (Å²) in [6.07, 6.45) is 1.42. The molecule has 0 spiro atoms. The van der Waals surface area contributed by atoms with Crippen LogP contribution in [0.1, 0.15) is 27.0 Å². The zero-order valence-corrected chi connectivity index (χ0v) is 21.6. The van der Waals surface area contributed by atoms with E-state index in [0.29, 0.717) is 23.4 Å². The lowest BCUT2D eigenvalue weighted by atomic mass is 9.97. The predicted molar refractivity (Wildman–Crippen MR) is 146 cm³/mol. The summed E-state index contributed by atoms with van der Waals surface area (Å²) in [7, 11) is -2.18. The van der Waals surface area contributed by atoms with E-state index in [-0.39, 0.29) is 10.5 Å². The van der Waals surface area contributed by atoms with Crippen molar-refractivity contribution in [2.24, 2.45) is 0 Å². The number of benzene rings is 4. The third-order valence-electron chi connectivity index (χ3n) is 6.25. The Balaban J connectivity index is 1.46. The SMILES string of the molecule is COc1ccc(S(=O)(=O)CNc2c(C)cc(CCc3ccc(-c4ccccc4)cc3)cc2C(=O)O)cc1. The number of methoxy groups -OCH3 is 1. The molecule has 4 aromatic carbocycles. The van der Waals surface area contributed by atoms with Crippen LogP contribution in [0.15, 0.2) is 95.9 Å². The number of carbonyl (C=O) groups is 1. The lowest BCUT2D eigenvalue weighted by Gasteiger charge is -2.15. The van der Waals surface area contributed by atoms with E-state index in [1.165, 1.54) is 19.2 Å². The van der Waals surface area contributed by atoms with Crippen molar-refractivity contribution < 1.29 is 23.1 Å². The Kier molecular flexibility index (Phi) is 7.94. The molecular weight excluding hydrogens is 486 g/mol. The predicted octanol–water partition coefficient (Wildman–Crippen LogP) is 6.00. The lowest BCUT2D eigenvalue weighted by Crippen LogP contribution is -2.17. The van der Waals surface area contributed by atoms with Crippen LogP contribution in [0.3, 0.4) is 0 Å². The van der Waals surface area contributed by atoms with Gasteiger partial charge in [-0.05, 0) is 77.9 Å². The van der Waals surface area contributed by atoms with Gasteiger partial charge in [-0.3, -0.25) is 0 Å². The molecule has 190 valence electrons. The van der Waals surface area contributed by atoms with Gasteiger partial charge < -0.3 is 15.2 Å². The van der Waals surface area contributed by atoms with Crippen molar-refractivity contribution in [3.63, 3.8) is 0 Å². The van der Waals surface area contributed by atoms with E-state index < -0.39 is 21.7 Å². The minimum absolute atomic E-state index is 0.0550. The first-order valence-corrected chi connectivity index (χ1v) is 13.5. The van der Waals surface area contributed by atoms with Gasteiger partial charge in [0.2, 0.25) is 0 Å². The van der Waals surface area contributed by atoms with Crippen LogP contribution in [0.5, 0.6) is 5.75 Å². The average Bonchev–Trinajstić information content (AvgIpc) is 2.91. The first kappa shape index (κ1) is 26.0. The molecule has 37 heavy (non-hydrogen) atoms. The molecule has 2 N–H and O–H groups in total. The normalized spacial score (nSPS) is 11.2. The van der Waals surface area contributed by atoms with E-state index in [2.05, 4.69) is 41.7 Å². The highest BCUT2D eigenvalue weighted by Gasteiger charge is 2.19. The zero-order valence-electron chi connectivity index (χ0n) is 20.8. The molecule has 0 bridgehead atoms. The Bertz CT molecular complexity index is 1480. The molecule has 0 fully saturated rings. The summed E-state index contributed by atoms with van der Waals surface area (Å²) in [4.78, 5) is 12.2. The van der Waals surface area contributed by atoms with E-state index >= 15 is 0 Å². The molecule has 0 saturated carbocycles. The monoisotopic (exact) mass is 515 g/mol. The van der Waals surface area contributed by atoms with Crippen LogP contribution >= 0.6 is 0 Å². The molecule has 0 unspecified atom stereocenters. The molecule has 6 nitrogen and oxygen atoms in total. The van der Waals surface area contributed by atoms with Gasteiger partial charge in [-0.15, -0.1) is 0 Å². The molecule has 0 aliphatic rings. The van der Waals surface area contributed by atoms with Gasteiger partial charge in [0.25, 0.3) is 0 Å². The quantitative estimate of drug-likeness (QED) is 0.269. The fourth-order valence-corrected chi connectivity index (χ4v) is 5.28. The number of aryl methyl sites for hydroxylation is 3. The van der Waals surface area contributed by atoms with E-state index in [1.807, 2.05) is 24.3 Å².